The normalized spacial score (nSPS) is 16.3. The predicted molar refractivity (Wildman–Crippen MR) is 88.1 cm³/mol. The molecule has 0 atom stereocenters. The Balaban J connectivity index is 1.92. The van der Waals surface area contributed by atoms with Gasteiger partial charge in [-0.1, -0.05) is 25.0 Å². The summed E-state index contributed by atoms with van der Waals surface area (Å²) in [7, 11) is 0. The zero-order valence-corrected chi connectivity index (χ0v) is 14.0. The Labute approximate surface area is 142 Å². The van der Waals surface area contributed by atoms with Crippen molar-refractivity contribution in [3.8, 4) is 0 Å². The van der Waals surface area contributed by atoms with Crippen LogP contribution in [0, 0.1) is 11.6 Å². The van der Waals surface area contributed by atoms with Crippen LogP contribution in [0.5, 0.6) is 0 Å². The van der Waals surface area contributed by atoms with Gasteiger partial charge in [-0.05, 0) is 64.7 Å². The van der Waals surface area contributed by atoms with Gasteiger partial charge < -0.3 is 5.32 Å². The largest absolute Gasteiger partial charge is 0.342 e. The SMILES string of the molecule is O=C(NC1(c2ccc(F)cc2)CCCC1)c1cc(F)ccc1Br. The molecule has 3 rings (SSSR count). The lowest BCUT2D eigenvalue weighted by Gasteiger charge is -2.31. The number of benzene rings is 2. The highest BCUT2D eigenvalue weighted by Crippen LogP contribution is 2.39. The van der Waals surface area contributed by atoms with E-state index in [1.165, 1.54) is 30.3 Å². The quantitative estimate of drug-likeness (QED) is 0.804. The van der Waals surface area contributed by atoms with Crippen LogP contribution in [0.2, 0.25) is 0 Å². The van der Waals surface area contributed by atoms with Crippen molar-refractivity contribution < 1.29 is 13.6 Å². The van der Waals surface area contributed by atoms with Crippen molar-refractivity contribution in [3.63, 3.8) is 0 Å². The number of hydrogen-bond acceptors (Lipinski definition) is 1. The summed E-state index contributed by atoms with van der Waals surface area (Å²) in [5.41, 5.74) is 0.631. The van der Waals surface area contributed by atoms with Gasteiger partial charge in [0.25, 0.3) is 5.91 Å². The highest BCUT2D eigenvalue weighted by molar-refractivity contribution is 9.10. The number of carbonyl (C=O) groups is 1. The van der Waals surface area contributed by atoms with E-state index < -0.39 is 11.4 Å². The van der Waals surface area contributed by atoms with Gasteiger partial charge in [0.1, 0.15) is 11.6 Å². The lowest BCUT2D eigenvalue weighted by Crippen LogP contribution is -2.44. The smallest absolute Gasteiger partial charge is 0.253 e. The summed E-state index contributed by atoms with van der Waals surface area (Å²) in [6, 6.07) is 10.3. The molecule has 0 spiro atoms. The summed E-state index contributed by atoms with van der Waals surface area (Å²) in [4.78, 5) is 12.6. The van der Waals surface area contributed by atoms with Gasteiger partial charge in [0.05, 0.1) is 11.1 Å². The molecule has 1 aliphatic rings. The molecule has 1 aliphatic carbocycles. The first-order valence-corrected chi connectivity index (χ1v) is 8.33. The Morgan fingerprint density at radius 2 is 1.61 bits per heavy atom. The fraction of sp³-hybridized carbons (Fsp3) is 0.278. The molecule has 0 saturated heterocycles. The molecule has 1 N–H and O–H groups in total. The first-order valence-electron chi connectivity index (χ1n) is 7.54. The third-order valence-corrected chi connectivity index (χ3v) is 5.07. The van der Waals surface area contributed by atoms with Gasteiger partial charge >= 0.3 is 0 Å². The molecule has 0 unspecified atom stereocenters. The minimum atomic E-state index is -0.517. The molecule has 0 aliphatic heterocycles. The topological polar surface area (TPSA) is 29.1 Å². The molecule has 0 heterocycles. The first kappa shape index (κ1) is 16.1. The van der Waals surface area contributed by atoms with E-state index in [2.05, 4.69) is 21.2 Å². The van der Waals surface area contributed by atoms with E-state index in [0.29, 0.717) is 4.47 Å². The molecule has 2 aromatic carbocycles. The molecule has 0 bridgehead atoms. The zero-order chi connectivity index (χ0) is 16.4. The Morgan fingerprint density at radius 3 is 2.26 bits per heavy atom. The number of halogens is 3. The van der Waals surface area contributed by atoms with Crippen LogP contribution in [-0.4, -0.2) is 5.91 Å². The maximum atomic E-state index is 13.4. The van der Waals surface area contributed by atoms with E-state index in [1.807, 2.05) is 0 Å². The van der Waals surface area contributed by atoms with Crippen molar-refractivity contribution >= 4 is 21.8 Å². The third kappa shape index (κ3) is 3.29. The van der Waals surface area contributed by atoms with Crippen LogP contribution in [0.25, 0.3) is 0 Å². The van der Waals surface area contributed by atoms with E-state index in [4.69, 9.17) is 0 Å². The van der Waals surface area contributed by atoms with Crippen LogP contribution in [0.4, 0.5) is 8.78 Å². The van der Waals surface area contributed by atoms with Crippen molar-refractivity contribution in [1.82, 2.24) is 5.32 Å². The Bertz CT molecular complexity index is 724. The molecule has 2 aromatic rings. The fourth-order valence-electron chi connectivity index (χ4n) is 3.19. The Morgan fingerprint density at radius 1 is 1.00 bits per heavy atom. The third-order valence-electron chi connectivity index (χ3n) is 4.38. The Hall–Kier alpha value is -1.75. The lowest BCUT2D eigenvalue weighted by molar-refractivity contribution is 0.0897. The molecule has 2 nitrogen and oxygen atoms in total. The number of nitrogens with one attached hydrogen (secondary N) is 1. The standard InChI is InChI=1S/C18H16BrF2NO/c19-16-8-7-14(21)11-15(16)17(23)22-18(9-1-2-10-18)12-3-5-13(20)6-4-12/h3-8,11H,1-2,9-10H2,(H,22,23). The molecule has 1 saturated carbocycles. The molecule has 0 radical (unpaired) electrons. The highest BCUT2D eigenvalue weighted by Gasteiger charge is 2.37. The minimum Gasteiger partial charge on any atom is -0.342 e. The van der Waals surface area contributed by atoms with Crippen LogP contribution in [0.1, 0.15) is 41.6 Å². The fourth-order valence-corrected chi connectivity index (χ4v) is 3.62. The van der Waals surface area contributed by atoms with Crippen molar-refractivity contribution in [3.05, 3.63) is 69.7 Å². The van der Waals surface area contributed by atoms with Gasteiger partial charge in [-0.2, -0.15) is 0 Å². The lowest BCUT2D eigenvalue weighted by atomic mass is 9.87. The van der Waals surface area contributed by atoms with Gasteiger partial charge in [0, 0.05) is 4.47 Å². The summed E-state index contributed by atoms with van der Waals surface area (Å²) in [5.74, 6) is -1.09. The average molecular weight is 380 g/mol. The first-order chi connectivity index (χ1) is 11.0. The minimum absolute atomic E-state index is 0.262. The molecule has 1 fully saturated rings. The van der Waals surface area contributed by atoms with Gasteiger partial charge in [0.15, 0.2) is 0 Å². The summed E-state index contributed by atoms with van der Waals surface area (Å²) < 4.78 is 27.2. The maximum Gasteiger partial charge on any atom is 0.253 e. The van der Waals surface area contributed by atoms with Gasteiger partial charge in [-0.15, -0.1) is 0 Å². The molecular formula is C18H16BrF2NO. The van der Waals surface area contributed by atoms with E-state index in [0.717, 1.165) is 31.2 Å². The number of hydrogen-bond donors (Lipinski definition) is 1. The second-order valence-electron chi connectivity index (χ2n) is 5.87. The van der Waals surface area contributed by atoms with Crippen LogP contribution in [0.3, 0.4) is 0 Å². The molecule has 120 valence electrons. The second kappa shape index (κ2) is 6.40. The molecular weight excluding hydrogens is 364 g/mol. The van der Waals surface area contributed by atoms with Crippen molar-refractivity contribution in [2.75, 3.05) is 0 Å². The van der Waals surface area contributed by atoms with Crippen LogP contribution >= 0.6 is 15.9 Å². The summed E-state index contributed by atoms with van der Waals surface area (Å²) >= 11 is 3.29. The predicted octanol–water partition coefficient (Wildman–Crippen LogP) is 4.93. The van der Waals surface area contributed by atoms with E-state index in [1.54, 1.807) is 12.1 Å². The number of amides is 1. The van der Waals surface area contributed by atoms with Crippen LogP contribution in [0.15, 0.2) is 46.9 Å². The van der Waals surface area contributed by atoms with Crippen molar-refractivity contribution in [2.24, 2.45) is 0 Å². The summed E-state index contributed by atoms with van der Waals surface area (Å²) in [6.07, 6.45) is 3.55. The van der Waals surface area contributed by atoms with Gasteiger partial charge in [-0.25, -0.2) is 8.78 Å². The molecule has 0 aromatic heterocycles. The van der Waals surface area contributed by atoms with Crippen molar-refractivity contribution in [2.45, 2.75) is 31.2 Å². The number of rotatable bonds is 3. The maximum absolute atomic E-state index is 13.4. The Kier molecular flexibility index (Phi) is 4.48. The second-order valence-corrected chi connectivity index (χ2v) is 6.73. The van der Waals surface area contributed by atoms with E-state index >= 15 is 0 Å². The van der Waals surface area contributed by atoms with Gasteiger partial charge in [-0.3, -0.25) is 4.79 Å². The van der Waals surface area contributed by atoms with Crippen LogP contribution < -0.4 is 5.32 Å². The molecule has 23 heavy (non-hydrogen) atoms. The summed E-state index contributed by atoms with van der Waals surface area (Å²) in [6.45, 7) is 0. The highest BCUT2D eigenvalue weighted by atomic mass is 79.9. The van der Waals surface area contributed by atoms with E-state index in [9.17, 15) is 13.6 Å². The number of carbonyl (C=O) groups excluding carboxylic acids is 1. The van der Waals surface area contributed by atoms with Gasteiger partial charge in [0.2, 0.25) is 0 Å². The van der Waals surface area contributed by atoms with E-state index in [-0.39, 0.29) is 17.3 Å². The summed E-state index contributed by atoms with van der Waals surface area (Å²) in [5, 5.41) is 3.05. The monoisotopic (exact) mass is 379 g/mol. The molecule has 1 amide bonds. The zero-order valence-electron chi connectivity index (χ0n) is 12.4. The van der Waals surface area contributed by atoms with Crippen LogP contribution in [-0.2, 0) is 5.54 Å². The average Bonchev–Trinajstić information content (AvgIpc) is 3.00. The van der Waals surface area contributed by atoms with Crippen molar-refractivity contribution in [1.29, 1.82) is 0 Å². The molecule has 5 heteroatoms.